The summed E-state index contributed by atoms with van der Waals surface area (Å²) in [4.78, 5) is 4.17. The van der Waals surface area contributed by atoms with Crippen molar-refractivity contribution < 1.29 is 0 Å². The molecule has 0 radical (unpaired) electrons. The molecule has 5 aromatic rings. The Morgan fingerprint density at radius 3 is 2.72 bits per heavy atom. The number of nitrogens with one attached hydrogen (secondary N) is 1. The van der Waals surface area contributed by atoms with E-state index in [2.05, 4.69) is 27.3 Å². The Bertz CT molecular complexity index is 1150. The number of para-hydroxylation sites is 1. The number of aromatic nitrogens is 5. The van der Waals surface area contributed by atoms with E-state index >= 15 is 0 Å². The lowest BCUT2D eigenvalue weighted by Gasteiger charge is -1.97. The molecule has 5 nitrogen and oxygen atoms in total. The first-order valence-corrected chi connectivity index (χ1v) is 8.99. The van der Waals surface area contributed by atoms with E-state index in [1.807, 2.05) is 42.5 Å². The summed E-state index contributed by atoms with van der Waals surface area (Å²) in [5.74, 6) is 0.727. The summed E-state index contributed by atoms with van der Waals surface area (Å²) in [5.41, 5.74) is 3.16. The Kier molecular flexibility index (Phi) is 3.33. The number of benzene rings is 2. The molecule has 0 aliphatic carbocycles. The Labute approximate surface area is 151 Å². The van der Waals surface area contributed by atoms with Gasteiger partial charge in [-0.25, -0.2) is 0 Å². The molecule has 0 unspecified atom stereocenters. The predicted octanol–water partition coefficient (Wildman–Crippen LogP) is 4.58. The molecular weight excluding hydrogens is 354 g/mol. The number of rotatable bonds is 3. The van der Waals surface area contributed by atoms with Crippen LogP contribution in [0, 0.1) is 0 Å². The monoisotopic (exact) mass is 365 g/mol. The fourth-order valence-electron chi connectivity index (χ4n) is 2.87. The standard InChI is InChI=1S/C18H12ClN5S/c19-13-7-5-11(6-8-13)9-16-23-24-17(21-22-18(24)25-16)15-10-12-3-1-2-4-14(12)20-15/h1-8,10,20H,9H2. The third-order valence-electron chi connectivity index (χ3n) is 4.07. The van der Waals surface area contributed by atoms with E-state index in [-0.39, 0.29) is 0 Å². The Balaban J connectivity index is 1.54. The average Bonchev–Trinajstić information content (AvgIpc) is 3.29. The topological polar surface area (TPSA) is 58.9 Å². The molecule has 0 aliphatic rings. The zero-order chi connectivity index (χ0) is 16.8. The lowest BCUT2D eigenvalue weighted by molar-refractivity contribution is 0.914. The quantitative estimate of drug-likeness (QED) is 0.509. The van der Waals surface area contributed by atoms with Gasteiger partial charge in [0, 0.05) is 22.3 Å². The van der Waals surface area contributed by atoms with Gasteiger partial charge < -0.3 is 4.98 Å². The van der Waals surface area contributed by atoms with Crippen LogP contribution in [0.4, 0.5) is 0 Å². The molecule has 2 aromatic carbocycles. The molecular formula is C18H12ClN5S. The van der Waals surface area contributed by atoms with Crippen molar-refractivity contribution in [1.29, 1.82) is 0 Å². The van der Waals surface area contributed by atoms with Crippen molar-refractivity contribution in [2.24, 2.45) is 0 Å². The van der Waals surface area contributed by atoms with Crippen LogP contribution in [-0.2, 0) is 6.42 Å². The summed E-state index contributed by atoms with van der Waals surface area (Å²) in [6.45, 7) is 0. The molecule has 0 atom stereocenters. The van der Waals surface area contributed by atoms with E-state index in [0.717, 1.165) is 43.8 Å². The van der Waals surface area contributed by atoms with Crippen molar-refractivity contribution in [1.82, 2.24) is 24.8 Å². The summed E-state index contributed by atoms with van der Waals surface area (Å²) in [5, 5.41) is 16.1. The minimum Gasteiger partial charge on any atom is -0.352 e. The minimum atomic E-state index is 0.727. The van der Waals surface area contributed by atoms with Crippen LogP contribution in [-0.4, -0.2) is 24.8 Å². The van der Waals surface area contributed by atoms with Gasteiger partial charge in [0.05, 0.1) is 5.69 Å². The maximum Gasteiger partial charge on any atom is 0.235 e. The van der Waals surface area contributed by atoms with Crippen molar-refractivity contribution in [3.63, 3.8) is 0 Å². The molecule has 5 rings (SSSR count). The first-order chi connectivity index (χ1) is 12.3. The number of hydrogen-bond donors (Lipinski definition) is 1. The summed E-state index contributed by atoms with van der Waals surface area (Å²) in [6.07, 6.45) is 0.747. The molecule has 0 saturated heterocycles. The van der Waals surface area contributed by atoms with Crippen LogP contribution in [0.3, 0.4) is 0 Å². The third kappa shape index (κ3) is 2.59. The maximum atomic E-state index is 5.94. The van der Waals surface area contributed by atoms with E-state index in [1.165, 1.54) is 5.56 Å². The molecule has 0 spiro atoms. The molecule has 0 fully saturated rings. The molecule has 3 aromatic heterocycles. The highest BCUT2D eigenvalue weighted by atomic mass is 35.5. The first-order valence-electron chi connectivity index (χ1n) is 7.80. The van der Waals surface area contributed by atoms with Gasteiger partial charge in [0.1, 0.15) is 5.01 Å². The smallest absolute Gasteiger partial charge is 0.235 e. The van der Waals surface area contributed by atoms with Gasteiger partial charge in [0.15, 0.2) is 0 Å². The van der Waals surface area contributed by atoms with E-state index in [4.69, 9.17) is 16.7 Å². The van der Waals surface area contributed by atoms with Crippen LogP contribution < -0.4 is 0 Å². The lowest BCUT2D eigenvalue weighted by Crippen LogP contribution is -1.93. The Morgan fingerprint density at radius 2 is 1.88 bits per heavy atom. The molecule has 0 saturated carbocycles. The van der Waals surface area contributed by atoms with E-state index in [0.29, 0.717) is 0 Å². The van der Waals surface area contributed by atoms with Gasteiger partial charge in [-0.1, -0.05) is 53.3 Å². The third-order valence-corrected chi connectivity index (χ3v) is 5.22. The second-order valence-electron chi connectivity index (χ2n) is 5.79. The molecule has 122 valence electrons. The Hall–Kier alpha value is -2.70. The molecule has 25 heavy (non-hydrogen) atoms. The number of halogens is 1. The number of nitrogens with zero attached hydrogens (tertiary/aromatic N) is 4. The summed E-state index contributed by atoms with van der Waals surface area (Å²) in [7, 11) is 0. The highest BCUT2D eigenvalue weighted by Gasteiger charge is 2.15. The van der Waals surface area contributed by atoms with Crippen molar-refractivity contribution >= 4 is 38.8 Å². The first kappa shape index (κ1) is 14.6. The minimum absolute atomic E-state index is 0.727. The summed E-state index contributed by atoms with van der Waals surface area (Å²) in [6, 6.07) is 18.0. The second-order valence-corrected chi connectivity index (χ2v) is 7.26. The second kappa shape index (κ2) is 5.68. The van der Waals surface area contributed by atoms with Crippen LogP contribution in [0.5, 0.6) is 0 Å². The van der Waals surface area contributed by atoms with Gasteiger partial charge in [-0.3, -0.25) is 0 Å². The fraction of sp³-hybridized carbons (Fsp3) is 0.0556. The summed E-state index contributed by atoms with van der Waals surface area (Å²) < 4.78 is 1.81. The highest BCUT2D eigenvalue weighted by molar-refractivity contribution is 7.16. The van der Waals surface area contributed by atoms with Gasteiger partial charge in [0.2, 0.25) is 10.8 Å². The molecule has 0 amide bonds. The molecule has 0 bridgehead atoms. The molecule has 1 N–H and O–H groups in total. The van der Waals surface area contributed by atoms with Crippen LogP contribution in [0.2, 0.25) is 5.02 Å². The van der Waals surface area contributed by atoms with Crippen LogP contribution >= 0.6 is 22.9 Å². The zero-order valence-electron chi connectivity index (χ0n) is 13.0. The number of H-pyrrole nitrogens is 1. The maximum absolute atomic E-state index is 5.94. The molecule has 0 aliphatic heterocycles. The number of hydrogen-bond acceptors (Lipinski definition) is 4. The van der Waals surface area contributed by atoms with Crippen molar-refractivity contribution in [3.05, 3.63) is 70.2 Å². The van der Waals surface area contributed by atoms with E-state index < -0.39 is 0 Å². The van der Waals surface area contributed by atoms with Gasteiger partial charge >= 0.3 is 0 Å². The molecule has 3 heterocycles. The SMILES string of the molecule is Clc1ccc(Cc2nn3c(-c4cc5ccccc5[nH]4)nnc3s2)cc1. The van der Waals surface area contributed by atoms with Gasteiger partial charge in [-0.15, -0.1) is 10.2 Å². The van der Waals surface area contributed by atoms with Gasteiger partial charge in [-0.05, 0) is 29.8 Å². The fourth-order valence-corrected chi connectivity index (χ4v) is 3.86. The van der Waals surface area contributed by atoms with Crippen LogP contribution in [0.15, 0.2) is 54.6 Å². The van der Waals surface area contributed by atoms with Crippen molar-refractivity contribution in [2.45, 2.75) is 6.42 Å². The van der Waals surface area contributed by atoms with Gasteiger partial charge in [0.25, 0.3) is 0 Å². The van der Waals surface area contributed by atoms with Crippen molar-refractivity contribution in [3.8, 4) is 11.5 Å². The van der Waals surface area contributed by atoms with Gasteiger partial charge in [-0.2, -0.15) is 9.61 Å². The average molecular weight is 366 g/mol. The van der Waals surface area contributed by atoms with Crippen LogP contribution in [0.25, 0.3) is 27.4 Å². The predicted molar refractivity (Wildman–Crippen MR) is 100 cm³/mol. The van der Waals surface area contributed by atoms with E-state index in [9.17, 15) is 0 Å². The largest absolute Gasteiger partial charge is 0.352 e. The number of aromatic amines is 1. The van der Waals surface area contributed by atoms with Crippen molar-refractivity contribution in [2.75, 3.05) is 0 Å². The lowest BCUT2D eigenvalue weighted by atomic mass is 10.2. The highest BCUT2D eigenvalue weighted by Crippen LogP contribution is 2.25. The molecule has 7 heteroatoms. The summed E-state index contributed by atoms with van der Waals surface area (Å²) >= 11 is 7.49. The number of fused-ring (bicyclic) bond motifs is 2. The normalized spacial score (nSPS) is 11.6. The zero-order valence-corrected chi connectivity index (χ0v) is 14.6. The van der Waals surface area contributed by atoms with E-state index in [1.54, 1.807) is 15.9 Å². The Morgan fingerprint density at radius 1 is 1.04 bits per heavy atom. The van der Waals surface area contributed by atoms with Crippen LogP contribution in [0.1, 0.15) is 10.6 Å².